The lowest BCUT2D eigenvalue weighted by atomic mass is 9.87. The van der Waals surface area contributed by atoms with Gasteiger partial charge < -0.3 is 9.84 Å². The molecule has 21 heavy (non-hydrogen) atoms. The fraction of sp³-hybridized carbons (Fsp3) is 0.467. The molecule has 0 aliphatic heterocycles. The van der Waals surface area contributed by atoms with Crippen LogP contribution in [0.5, 0.6) is 5.75 Å². The van der Waals surface area contributed by atoms with E-state index in [1.165, 1.54) is 23.7 Å². The Hall–Kier alpha value is -1.53. The van der Waals surface area contributed by atoms with Crippen molar-refractivity contribution in [2.24, 2.45) is 0 Å². The van der Waals surface area contributed by atoms with Gasteiger partial charge in [0.05, 0.1) is 6.10 Å². The van der Waals surface area contributed by atoms with Crippen LogP contribution in [-0.2, 0) is 5.41 Å². The number of H-pyrrole nitrogens is 1. The smallest absolute Gasteiger partial charge is 0.183 e. The standard InChI is InChI=1S/C15H21N3O2S/c1-15(2,3)11-4-6-13(7-5-11)20-8-12(19)9-21-14-16-10-17-18-14/h4-7,10,12,19H,8-9H2,1-3H3,(H,16,17,18)/t12-/m1/s1. The summed E-state index contributed by atoms with van der Waals surface area (Å²) in [4.78, 5) is 3.98. The number of rotatable bonds is 6. The van der Waals surface area contributed by atoms with E-state index in [4.69, 9.17) is 4.74 Å². The van der Waals surface area contributed by atoms with E-state index in [1.54, 1.807) is 0 Å². The maximum Gasteiger partial charge on any atom is 0.183 e. The van der Waals surface area contributed by atoms with Crippen molar-refractivity contribution in [1.82, 2.24) is 15.2 Å². The summed E-state index contributed by atoms with van der Waals surface area (Å²) in [6.45, 7) is 6.78. The van der Waals surface area contributed by atoms with E-state index in [0.29, 0.717) is 10.9 Å². The number of benzene rings is 1. The zero-order valence-electron chi connectivity index (χ0n) is 12.5. The molecule has 0 fully saturated rings. The van der Waals surface area contributed by atoms with E-state index in [0.717, 1.165) is 5.75 Å². The fourth-order valence-corrected chi connectivity index (χ4v) is 2.42. The number of hydrogen-bond acceptors (Lipinski definition) is 5. The first-order valence-corrected chi connectivity index (χ1v) is 7.83. The van der Waals surface area contributed by atoms with Crippen molar-refractivity contribution < 1.29 is 9.84 Å². The Bertz CT molecular complexity index is 535. The Morgan fingerprint density at radius 2 is 2.00 bits per heavy atom. The Labute approximate surface area is 129 Å². The molecule has 1 aromatic carbocycles. The summed E-state index contributed by atoms with van der Waals surface area (Å²) in [5.74, 6) is 1.28. The second kappa shape index (κ2) is 6.95. The summed E-state index contributed by atoms with van der Waals surface area (Å²) in [6, 6.07) is 8.00. The lowest BCUT2D eigenvalue weighted by Gasteiger charge is -2.19. The van der Waals surface area contributed by atoms with Gasteiger partial charge >= 0.3 is 0 Å². The van der Waals surface area contributed by atoms with E-state index < -0.39 is 6.10 Å². The van der Waals surface area contributed by atoms with Gasteiger partial charge in [0.1, 0.15) is 18.7 Å². The van der Waals surface area contributed by atoms with Gasteiger partial charge in [0.25, 0.3) is 0 Å². The molecule has 0 spiro atoms. The normalized spacial score (nSPS) is 13.1. The third-order valence-corrected chi connectivity index (χ3v) is 3.99. The number of ether oxygens (including phenoxy) is 1. The van der Waals surface area contributed by atoms with Crippen LogP contribution in [0.15, 0.2) is 35.7 Å². The van der Waals surface area contributed by atoms with Crippen molar-refractivity contribution in [2.45, 2.75) is 37.4 Å². The first-order valence-electron chi connectivity index (χ1n) is 6.85. The Balaban J connectivity index is 1.77. The lowest BCUT2D eigenvalue weighted by Crippen LogP contribution is -2.20. The molecule has 0 saturated carbocycles. The van der Waals surface area contributed by atoms with Crippen LogP contribution >= 0.6 is 11.8 Å². The predicted octanol–water partition coefficient (Wildman–Crippen LogP) is 2.63. The van der Waals surface area contributed by atoms with Crippen LogP contribution in [0.1, 0.15) is 26.3 Å². The van der Waals surface area contributed by atoms with E-state index in [9.17, 15) is 5.11 Å². The second-order valence-corrected chi connectivity index (χ2v) is 6.85. The van der Waals surface area contributed by atoms with Crippen LogP contribution in [0.2, 0.25) is 0 Å². The number of aliphatic hydroxyl groups is 1. The molecule has 0 radical (unpaired) electrons. The Morgan fingerprint density at radius 3 is 2.57 bits per heavy atom. The summed E-state index contributed by atoms with van der Waals surface area (Å²) in [7, 11) is 0. The molecule has 5 nitrogen and oxygen atoms in total. The van der Waals surface area contributed by atoms with Gasteiger partial charge in [-0.3, -0.25) is 5.10 Å². The van der Waals surface area contributed by atoms with Gasteiger partial charge in [-0.1, -0.05) is 44.7 Å². The number of hydrogen-bond donors (Lipinski definition) is 2. The molecule has 1 aromatic heterocycles. The van der Waals surface area contributed by atoms with Gasteiger partial charge in [0.15, 0.2) is 5.16 Å². The van der Waals surface area contributed by atoms with E-state index in [-0.39, 0.29) is 12.0 Å². The highest BCUT2D eigenvalue weighted by Crippen LogP contribution is 2.24. The molecule has 0 saturated heterocycles. The maximum absolute atomic E-state index is 9.89. The van der Waals surface area contributed by atoms with Gasteiger partial charge in [-0.2, -0.15) is 5.10 Å². The van der Waals surface area contributed by atoms with Crippen molar-refractivity contribution >= 4 is 11.8 Å². The Kier molecular flexibility index (Phi) is 5.25. The van der Waals surface area contributed by atoms with Gasteiger partial charge in [-0.05, 0) is 23.1 Å². The van der Waals surface area contributed by atoms with Crippen molar-refractivity contribution in [3.63, 3.8) is 0 Å². The number of nitrogens with zero attached hydrogens (tertiary/aromatic N) is 2. The van der Waals surface area contributed by atoms with Gasteiger partial charge in [-0.25, -0.2) is 4.98 Å². The quantitative estimate of drug-likeness (QED) is 0.803. The zero-order chi connectivity index (χ0) is 15.3. The third-order valence-electron chi connectivity index (χ3n) is 2.97. The zero-order valence-corrected chi connectivity index (χ0v) is 13.4. The lowest BCUT2D eigenvalue weighted by molar-refractivity contribution is 0.126. The van der Waals surface area contributed by atoms with Crippen molar-refractivity contribution in [3.05, 3.63) is 36.2 Å². The largest absolute Gasteiger partial charge is 0.491 e. The predicted molar refractivity (Wildman–Crippen MR) is 83.8 cm³/mol. The number of nitrogens with one attached hydrogen (secondary N) is 1. The minimum atomic E-state index is -0.553. The van der Waals surface area contributed by atoms with Gasteiger partial charge in [-0.15, -0.1) is 0 Å². The average Bonchev–Trinajstić information content (AvgIpc) is 2.95. The highest BCUT2D eigenvalue weighted by Gasteiger charge is 2.13. The maximum atomic E-state index is 9.89. The minimum Gasteiger partial charge on any atom is -0.491 e. The molecule has 0 bridgehead atoms. The third kappa shape index (κ3) is 5.06. The minimum absolute atomic E-state index is 0.131. The van der Waals surface area contributed by atoms with Gasteiger partial charge in [0, 0.05) is 5.75 Å². The van der Waals surface area contributed by atoms with E-state index in [2.05, 4.69) is 48.1 Å². The number of aliphatic hydroxyl groups excluding tert-OH is 1. The molecule has 1 heterocycles. The molecule has 0 aliphatic rings. The van der Waals surface area contributed by atoms with Crippen LogP contribution in [0.25, 0.3) is 0 Å². The average molecular weight is 307 g/mol. The second-order valence-electron chi connectivity index (χ2n) is 5.84. The molecule has 6 heteroatoms. The Morgan fingerprint density at radius 1 is 1.29 bits per heavy atom. The summed E-state index contributed by atoms with van der Waals surface area (Å²) in [6.07, 6.45) is 0.893. The van der Waals surface area contributed by atoms with Crippen LogP contribution in [0.3, 0.4) is 0 Å². The highest BCUT2D eigenvalue weighted by atomic mass is 32.2. The van der Waals surface area contributed by atoms with E-state index in [1.807, 2.05) is 12.1 Å². The number of thioether (sulfide) groups is 1. The summed E-state index contributed by atoms with van der Waals surface area (Å²) >= 11 is 1.42. The molecular formula is C15H21N3O2S. The number of aromatic nitrogens is 3. The summed E-state index contributed by atoms with van der Waals surface area (Å²) in [5, 5.41) is 17.1. The van der Waals surface area contributed by atoms with Gasteiger partial charge in [0.2, 0.25) is 0 Å². The molecule has 2 N–H and O–H groups in total. The van der Waals surface area contributed by atoms with Crippen molar-refractivity contribution in [2.75, 3.05) is 12.4 Å². The molecule has 114 valence electrons. The van der Waals surface area contributed by atoms with Crippen LogP contribution in [0.4, 0.5) is 0 Å². The summed E-state index contributed by atoms with van der Waals surface area (Å²) < 4.78 is 5.60. The number of aromatic amines is 1. The monoisotopic (exact) mass is 307 g/mol. The van der Waals surface area contributed by atoms with Crippen LogP contribution in [0, 0.1) is 0 Å². The molecule has 0 aliphatic carbocycles. The molecule has 1 atom stereocenters. The molecule has 0 unspecified atom stereocenters. The van der Waals surface area contributed by atoms with Crippen molar-refractivity contribution in [1.29, 1.82) is 0 Å². The molecule has 0 amide bonds. The SMILES string of the molecule is CC(C)(C)c1ccc(OC[C@@H](O)CSc2ncn[nH]2)cc1. The van der Waals surface area contributed by atoms with Crippen LogP contribution in [-0.4, -0.2) is 38.8 Å². The fourth-order valence-electron chi connectivity index (χ4n) is 1.73. The van der Waals surface area contributed by atoms with Crippen LogP contribution < -0.4 is 4.74 Å². The summed E-state index contributed by atoms with van der Waals surface area (Å²) in [5.41, 5.74) is 1.39. The topological polar surface area (TPSA) is 71.0 Å². The molecule has 2 rings (SSSR count). The van der Waals surface area contributed by atoms with E-state index >= 15 is 0 Å². The first-order chi connectivity index (χ1) is 9.95. The molecular weight excluding hydrogens is 286 g/mol. The first kappa shape index (κ1) is 15.9. The molecule has 2 aromatic rings. The highest BCUT2D eigenvalue weighted by molar-refractivity contribution is 7.99. The van der Waals surface area contributed by atoms with Crippen molar-refractivity contribution in [3.8, 4) is 5.75 Å².